The van der Waals surface area contributed by atoms with Crippen molar-refractivity contribution in [2.75, 3.05) is 5.32 Å². The highest BCUT2D eigenvalue weighted by atomic mass is 32.2. The quantitative estimate of drug-likeness (QED) is 0.197. The van der Waals surface area contributed by atoms with Gasteiger partial charge in [-0.15, -0.1) is 0 Å². The topological polar surface area (TPSA) is 235 Å². The van der Waals surface area contributed by atoms with E-state index in [0.29, 0.717) is 23.8 Å². The number of nitrogens with zero attached hydrogens (tertiary/aromatic N) is 1. The Morgan fingerprint density at radius 2 is 1.46 bits per heavy atom. The molecule has 186 valence electrons. The number of carbonyl (C=O) groups excluding carboxylic acids is 1. The molecular weight excluding hydrogens is 532 g/mol. The van der Waals surface area contributed by atoms with Crippen molar-refractivity contribution in [3.05, 3.63) is 63.7 Å². The predicted molar refractivity (Wildman–Crippen MR) is 119 cm³/mol. The van der Waals surface area contributed by atoms with Crippen LogP contribution in [0.5, 0.6) is 0 Å². The van der Waals surface area contributed by atoms with Crippen LogP contribution in [0.1, 0.15) is 15.9 Å². The summed E-state index contributed by atoms with van der Waals surface area (Å²) in [7, 11) is -15.6. The molecule has 0 aliphatic carbocycles. The lowest BCUT2D eigenvalue weighted by molar-refractivity contribution is -0.385. The van der Waals surface area contributed by atoms with Crippen LogP contribution < -0.4 is 5.32 Å². The van der Waals surface area contributed by atoms with Crippen LogP contribution in [0.15, 0.2) is 57.2 Å². The van der Waals surface area contributed by atoms with Crippen molar-refractivity contribution in [1.82, 2.24) is 0 Å². The summed E-state index contributed by atoms with van der Waals surface area (Å²) in [6.07, 6.45) is 0. The molecule has 0 saturated carbocycles. The van der Waals surface area contributed by atoms with E-state index in [0.717, 1.165) is 18.2 Å². The van der Waals surface area contributed by atoms with E-state index < -0.39 is 83.6 Å². The van der Waals surface area contributed by atoms with Gasteiger partial charge in [-0.1, -0.05) is 6.07 Å². The van der Waals surface area contributed by atoms with Crippen molar-refractivity contribution in [1.29, 1.82) is 0 Å². The fraction of sp³-hybridized carbons (Fsp3) is 0.0556. The minimum atomic E-state index is -5.34. The molecule has 0 fully saturated rings. The monoisotopic (exact) mass is 546 g/mol. The first kappa shape index (κ1) is 26.1. The zero-order valence-electron chi connectivity index (χ0n) is 17.2. The van der Waals surface area contributed by atoms with Crippen LogP contribution >= 0.6 is 0 Å². The van der Waals surface area contributed by atoms with Gasteiger partial charge < -0.3 is 5.32 Å². The second-order valence-electron chi connectivity index (χ2n) is 7.11. The number of nitrogens with one attached hydrogen (secondary N) is 1. The van der Waals surface area contributed by atoms with E-state index >= 15 is 0 Å². The number of fused-ring (bicyclic) bond motifs is 1. The number of benzene rings is 3. The molecule has 4 N–H and O–H groups in total. The summed E-state index contributed by atoms with van der Waals surface area (Å²) in [5.41, 5.74) is -1.15. The number of amides is 1. The zero-order valence-corrected chi connectivity index (χ0v) is 19.7. The summed E-state index contributed by atoms with van der Waals surface area (Å²) in [5.74, 6) is -1.14. The van der Waals surface area contributed by atoms with Gasteiger partial charge in [0, 0.05) is 16.8 Å². The summed E-state index contributed by atoms with van der Waals surface area (Å²) >= 11 is 0. The third-order valence-electron chi connectivity index (χ3n) is 4.71. The van der Waals surface area contributed by atoms with Crippen LogP contribution in [0, 0.1) is 17.0 Å². The number of hydrogen-bond donors (Lipinski definition) is 4. The Morgan fingerprint density at radius 3 is 1.97 bits per heavy atom. The third-order valence-corrected chi connectivity index (χ3v) is 7.33. The van der Waals surface area contributed by atoms with Crippen molar-refractivity contribution >= 4 is 58.4 Å². The van der Waals surface area contributed by atoms with E-state index in [1.54, 1.807) is 0 Å². The fourth-order valence-electron chi connectivity index (χ4n) is 3.25. The van der Waals surface area contributed by atoms with Gasteiger partial charge in [-0.25, -0.2) is 0 Å². The van der Waals surface area contributed by atoms with E-state index in [-0.39, 0.29) is 0 Å². The molecule has 3 aromatic rings. The average molecular weight is 547 g/mol. The van der Waals surface area contributed by atoms with Crippen LogP contribution in [-0.4, -0.2) is 49.7 Å². The minimum absolute atomic E-state index is 0.296. The van der Waals surface area contributed by atoms with Gasteiger partial charge in [0.25, 0.3) is 41.9 Å². The predicted octanol–water partition coefficient (Wildman–Crippen LogP) is 2.05. The van der Waals surface area contributed by atoms with E-state index in [4.69, 9.17) is 0 Å². The van der Waals surface area contributed by atoms with Crippen LogP contribution in [0.2, 0.25) is 0 Å². The molecule has 14 nitrogen and oxygen atoms in total. The first-order valence-electron chi connectivity index (χ1n) is 9.01. The third kappa shape index (κ3) is 5.29. The highest BCUT2D eigenvalue weighted by molar-refractivity contribution is 7.87. The van der Waals surface area contributed by atoms with Crippen LogP contribution in [0.4, 0.5) is 11.4 Å². The number of hydrogen-bond acceptors (Lipinski definition) is 9. The second kappa shape index (κ2) is 8.63. The molecule has 3 aromatic carbocycles. The van der Waals surface area contributed by atoms with Gasteiger partial charge in [-0.05, 0) is 42.8 Å². The van der Waals surface area contributed by atoms with Crippen molar-refractivity contribution < 1.29 is 48.6 Å². The zero-order chi connectivity index (χ0) is 26.5. The molecule has 3 rings (SSSR count). The van der Waals surface area contributed by atoms with Gasteiger partial charge in [-0.2, -0.15) is 25.3 Å². The average Bonchev–Trinajstić information content (AvgIpc) is 2.70. The van der Waals surface area contributed by atoms with Gasteiger partial charge in [0.1, 0.15) is 15.4 Å². The molecule has 0 bridgehead atoms. The summed E-state index contributed by atoms with van der Waals surface area (Å²) in [6.45, 7) is 1.53. The van der Waals surface area contributed by atoms with Crippen molar-refractivity contribution in [2.24, 2.45) is 0 Å². The number of rotatable bonds is 6. The Hall–Kier alpha value is -3.48. The molecule has 0 radical (unpaired) electrons. The highest BCUT2D eigenvalue weighted by Crippen LogP contribution is 2.37. The smallest absolute Gasteiger partial charge is 0.295 e. The number of anilines is 1. The van der Waals surface area contributed by atoms with Gasteiger partial charge in [-0.3, -0.25) is 28.6 Å². The summed E-state index contributed by atoms with van der Waals surface area (Å²) < 4.78 is 99.6. The maximum atomic E-state index is 12.8. The summed E-state index contributed by atoms with van der Waals surface area (Å²) in [4.78, 5) is 19.9. The molecule has 0 aliphatic rings. The lowest BCUT2D eigenvalue weighted by Gasteiger charge is -2.15. The number of nitro benzene ring substituents is 1. The van der Waals surface area contributed by atoms with Crippen LogP contribution in [0.25, 0.3) is 10.8 Å². The number of carbonyl (C=O) groups is 1. The lowest BCUT2D eigenvalue weighted by atomic mass is 10.1. The minimum Gasteiger partial charge on any atom is -0.321 e. The first-order chi connectivity index (χ1) is 15.9. The van der Waals surface area contributed by atoms with E-state index in [2.05, 4.69) is 5.32 Å². The summed E-state index contributed by atoms with van der Waals surface area (Å²) in [6, 6.07) is 5.86. The standard InChI is InChI=1S/C18H14N2O12S3/c1-9-2-3-11(14(6-9)20(22)23)18(21)19-13-4-5-15(34(27,28)29)12-7-10(33(24,25)26)8-16(17(12)13)35(30,31)32/h2-8H,1H3,(H,19,21)(H,24,25,26)(H,27,28,29)(H,30,31,32). The first-order valence-corrected chi connectivity index (χ1v) is 13.3. The summed E-state index contributed by atoms with van der Waals surface area (Å²) in [5, 5.41) is 11.9. The maximum Gasteiger partial charge on any atom is 0.295 e. The van der Waals surface area contributed by atoms with Crippen molar-refractivity contribution in [3.8, 4) is 0 Å². The highest BCUT2D eigenvalue weighted by Gasteiger charge is 2.28. The molecule has 17 heteroatoms. The number of nitro groups is 1. The molecule has 0 heterocycles. The molecule has 1 amide bonds. The molecule has 0 aliphatic heterocycles. The van der Waals surface area contributed by atoms with Gasteiger partial charge in [0.2, 0.25) is 0 Å². The normalized spacial score (nSPS) is 12.5. The largest absolute Gasteiger partial charge is 0.321 e. The molecule has 35 heavy (non-hydrogen) atoms. The van der Waals surface area contributed by atoms with E-state index in [1.807, 2.05) is 0 Å². The fourth-order valence-corrected chi connectivity index (χ4v) is 5.29. The Morgan fingerprint density at radius 1 is 0.857 bits per heavy atom. The van der Waals surface area contributed by atoms with Crippen LogP contribution in [-0.2, 0) is 30.4 Å². The lowest BCUT2D eigenvalue weighted by Crippen LogP contribution is -2.16. The Balaban J connectivity index is 2.41. The van der Waals surface area contributed by atoms with E-state index in [9.17, 15) is 53.8 Å². The molecule has 0 atom stereocenters. The SMILES string of the molecule is Cc1ccc(C(=O)Nc2ccc(S(=O)(=O)O)c3cc(S(=O)(=O)O)cc(S(=O)(=O)O)c23)c([N+](=O)[O-])c1. The Kier molecular flexibility index (Phi) is 6.44. The Bertz CT molecular complexity index is 1740. The second-order valence-corrected chi connectivity index (χ2v) is 11.3. The Labute approximate surface area is 197 Å². The molecule has 0 aromatic heterocycles. The van der Waals surface area contributed by atoms with Gasteiger partial charge >= 0.3 is 0 Å². The van der Waals surface area contributed by atoms with Gasteiger partial charge in [0.05, 0.1) is 15.5 Å². The maximum absolute atomic E-state index is 12.8. The molecular formula is C18H14N2O12S3. The van der Waals surface area contributed by atoms with Gasteiger partial charge in [0.15, 0.2) is 0 Å². The molecule has 0 spiro atoms. The van der Waals surface area contributed by atoms with Crippen molar-refractivity contribution in [3.63, 3.8) is 0 Å². The number of aryl methyl sites for hydroxylation is 1. The molecule has 0 saturated heterocycles. The van der Waals surface area contributed by atoms with Crippen molar-refractivity contribution in [2.45, 2.75) is 21.6 Å². The van der Waals surface area contributed by atoms with E-state index in [1.165, 1.54) is 13.0 Å². The molecule has 0 unspecified atom stereocenters. The van der Waals surface area contributed by atoms with Crippen LogP contribution in [0.3, 0.4) is 0 Å².